The number of imide groups is 1. The lowest BCUT2D eigenvalue weighted by Crippen LogP contribution is -2.38. The lowest BCUT2D eigenvalue weighted by Gasteiger charge is -2.32. The summed E-state index contributed by atoms with van der Waals surface area (Å²) in [5.74, 6) is -0.164. The molecule has 0 saturated carbocycles. The second kappa shape index (κ2) is 8.06. The third-order valence-corrected chi connectivity index (χ3v) is 5.66. The van der Waals surface area contributed by atoms with Gasteiger partial charge in [0.05, 0.1) is 22.7 Å². The highest BCUT2D eigenvalue weighted by atomic mass is 16.6. The molecule has 0 spiro atoms. The van der Waals surface area contributed by atoms with E-state index in [1.54, 1.807) is 18.3 Å². The van der Waals surface area contributed by atoms with Crippen LogP contribution in [0.1, 0.15) is 31.0 Å². The van der Waals surface area contributed by atoms with E-state index in [-0.39, 0.29) is 18.1 Å². The topological polar surface area (TPSA) is 96.7 Å². The Balaban J connectivity index is 1.73. The number of rotatable bonds is 5. The summed E-state index contributed by atoms with van der Waals surface area (Å²) in [7, 11) is 0. The number of carbonyl (C=O) groups is 2. The molecule has 3 heterocycles. The molecule has 154 valence electrons. The zero-order valence-electron chi connectivity index (χ0n) is 16.7. The molecule has 1 aromatic carbocycles. The van der Waals surface area contributed by atoms with Crippen molar-refractivity contribution in [2.45, 2.75) is 26.3 Å². The molecule has 1 fully saturated rings. The highest BCUT2D eigenvalue weighted by Crippen LogP contribution is 2.35. The molecule has 30 heavy (non-hydrogen) atoms. The number of aromatic nitrogens is 1. The Morgan fingerprint density at radius 1 is 1.07 bits per heavy atom. The molecule has 2 aliphatic rings. The molecule has 0 N–H and O–H groups in total. The second-order valence-corrected chi connectivity index (χ2v) is 7.71. The average Bonchev–Trinajstić information content (AvgIpc) is 3.00. The summed E-state index contributed by atoms with van der Waals surface area (Å²) in [5, 5.41) is 11.0. The Morgan fingerprint density at radius 3 is 2.37 bits per heavy atom. The Bertz CT molecular complexity index is 1010. The van der Waals surface area contributed by atoms with Crippen LogP contribution in [0.4, 0.5) is 5.69 Å². The van der Waals surface area contributed by atoms with Crippen molar-refractivity contribution in [2.75, 3.05) is 13.1 Å². The van der Waals surface area contributed by atoms with E-state index in [1.807, 2.05) is 11.0 Å². The molecule has 0 unspecified atom stereocenters. The third kappa shape index (κ3) is 3.68. The van der Waals surface area contributed by atoms with E-state index >= 15 is 0 Å². The molecule has 8 nitrogen and oxygen atoms in total. The van der Waals surface area contributed by atoms with E-state index in [4.69, 9.17) is 0 Å². The van der Waals surface area contributed by atoms with Gasteiger partial charge in [-0.3, -0.25) is 29.6 Å². The Kier molecular flexibility index (Phi) is 5.31. The summed E-state index contributed by atoms with van der Waals surface area (Å²) in [6.07, 6.45) is 3.51. The summed E-state index contributed by atoms with van der Waals surface area (Å²) in [4.78, 5) is 44.6. The smallest absolute Gasteiger partial charge is 0.278 e. The fraction of sp³-hybridized carbons (Fsp3) is 0.318. The van der Waals surface area contributed by atoms with E-state index in [0.717, 1.165) is 12.8 Å². The molecule has 0 radical (unpaired) electrons. The van der Waals surface area contributed by atoms with Crippen LogP contribution in [0.25, 0.3) is 5.57 Å². The number of carbonyl (C=O) groups excluding carboxylic acids is 2. The SMILES string of the molecule is CC1CCN(C2=C(c3ccc([N+](=O)[O-])cc3)C(=O)N(Cc3ccccn3)C2=O)CC1. The number of nitro benzene ring substituents is 1. The summed E-state index contributed by atoms with van der Waals surface area (Å²) in [6.45, 7) is 3.66. The van der Waals surface area contributed by atoms with Gasteiger partial charge in [0.2, 0.25) is 0 Å². The van der Waals surface area contributed by atoms with Crippen LogP contribution in [0.5, 0.6) is 0 Å². The standard InChI is InChI=1S/C22H22N4O4/c1-15-9-12-24(13-10-15)20-19(16-5-7-18(8-6-16)26(29)30)21(27)25(22(20)28)14-17-4-2-3-11-23-17/h2-8,11,15H,9-10,12-14H2,1H3. The van der Waals surface area contributed by atoms with Gasteiger partial charge < -0.3 is 4.90 Å². The van der Waals surface area contributed by atoms with E-state index in [1.165, 1.54) is 29.2 Å². The minimum atomic E-state index is -0.486. The highest BCUT2D eigenvalue weighted by molar-refractivity contribution is 6.35. The summed E-state index contributed by atoms with van der Waals surface area (Å²) >= 11 is 0. The molecule has 0 aliphatic carbocycles. The Labute approximate surface area is 174 Å². The van der Waals surface area contributed by atoms with E-state index in [2.05, 4.69) is 11.9 Å². The normalized spacial score (nSPS) is 17.8. The third-order valence-electron chi connectivity index (χ3n) is 5.66. The van der Waals surface area contributed by atoms with Gasteiger partial charge in [-0.15, -0.1) is 0 Å². The van der Waals surface area contributed by atoms with Crippen LogP contribution in [0.3, 0.4) is 0 Å². The van der Waals surface area contributed by atoms with Crippen molar-refractivity contribution < 1.29 is 14.5 Å². The van der Waals surface area contributed by atoms with Crippen molar-refractivity contribution in [3.8, 4) is 0 Å². The maximum atomic E-state index is 13.3. The number of hydrogen-bond donors (Lipinski definition) is 0. The minimum absolute atomic E-state index is 0.0604. The Hall–Kier alpha value is -3.55. The van der Waals surface area contributed by atoms with Crippen molar-refractivity contribution in [3.63, 3.8) is 0 Å². The molecular weight excluding hydrogens is 384 g/mol. The fourth-order valence-corrected chi connectivity index (χ4v) is 3.90. The highest BCUT2D eigenvalue weighted by Gasteiger charge is 2.42. The quantitative estimate of drug-likeness (QED) is 0.430. The first-order valence-electron chi connectivity index (χ1n) is 9.96. The zero-order valence-corrected chi connectivity index (χ0v) is 16.7. The first-order valence-corrected chi connectivity index (χ1v) is 9.96. The molecule has 8 heteroatoms. The van der Waals surface area contributed by atoms with Gasteiger partial charge in [0.25, 0.3) is 17.5 Å². The number of pyridine rings is 1. The maximum Gasteiger partial charge on any atom is 0.278 e. The molecule has 1 aromatic heterocycles. The number of nitro groups is 1. The van der Waals surface area contributed by atoms with Crippen molar-refractivity contribution >= 4 is 23.1 Å². The molecule has 0 atom stereocenters. The second-order valence-electron chi connectivity index (χ2n) is 7.71. The van der Waals surface area contributed by atoms with Gasteiger partial charge in [0.15, 0.2) is 0 Å². The number of non-ortho nitro benzene ring substituents is 1. The van der Waals surface area contributed by atoms with E-state index in [0.29, 0.717) is 41.5 Å². The number of hydrogen-bond acceptors (Lipinski definition) is 6. The number of nitrogens with zero attached hydrogens (tertiary/aromatic N) is 4. The minimum Gasteiger partial charge on any atom is -0.366 e. The lowest BCUT2D eigenvalue weighted by atomic mass is 9.97. The van der Waals surface area contributed by atoms with Crippen molar-refractivity contribution in [2.24, 2.45) is 5.92 Å². The predicted octanol–water partition coefficient (Wildman–Crippen LogP) is 3.00. The lowest BCUT2D eigenvalue weighted by molar-refractivity contribution is -0.384. The van der Waals surface area contributed by atoms with Crippen LogP contribution in [0.2, 0.25) is 0 Å². The van der Waals surface area contributed by atoms with Crippen molar-refractivity contribution in [3.05, 3.63) is 75.7 Å². The zero-order chi connectivity index (χ0) is 21.3. The van der Waals surface area contributed by atoms with Gasteiger partial charge >= 0.3 is 0 Å². The van der Waals surface area contributed by atoms with Crippen molar-refractivity contribution in [1.29, 1.82) is 0 Å². The average molecular weight is 406 g/mol. The molecule has 2 amide bonds. The van der Waals surface area contributed by atoms with Gasteiger partial charge in [-0.2, -0.15) is 0 Å². The van der Waals surface area contributed by atoms with Crippen LogP contribution in [-0.4, -0.2) is 44.6 Å². The maximum absolute atomic E-state index is 13.3. The molecule has 4 rings (SSSR count). The summed E-state index contributed by atoms with van der Waals surface area (Å²) in [6, 6.07) is 11.1. The van der Waals surface area contributed by atoms with Crippen LogP contribution in [0, 0.1) is 16.0 Å². The van der Waals surface area contributed by atoms with Gasteiger partial charge in [0.1, 0.15) is 5.70 Å². The number of piperidine rings is 1. The monoisotopic (exact) mass is 406 g/mol. The van der Waals surface area contributed by atoms with Gasteiger partial charge in [-0.05, 0) is 48.6 Å². The summed E-state index contributed by atoms with van der Waals surface area (Å²) in [5.41, 5.74) is 1.76. The van der Waals surface area contributed by atoms with Gasteiger partial charge in [-0.25, -0.2) is 0 Å². The van der Waals surface area contributed by atoms with Crippen LogP contribution < -0.4 is 0 Å². The molecule has 2 aromatic rings. The molecular formula is C22H22N4O4. The fourth-order valence-electron chi connectivity index (χ4n) is 3.90. The summed E-state index contributed by atoms with van der Waals surface area (Å²) < 4.78 is 0. The van der Waals surface area contributed by atoms with Crippen LogP contribution in [0.15, 0.2) is 54.4 Å². The molecule has 0 bridgehead atoms. The first kappa shape index (κ1) is 19.8. The van der Waals surface area contributed by atoms with Crippen LogP contribution in [-0.2, 0) is 16.1 Å². The molecule has 1 saturated heterocycles. The van der Waals surface area contributed by atoms with E-state index in [9.17, 15) is 19.7 Å². The molecule has 2 aliphatic heterocycles. The van der Waals surface area contributed by atoms with Gasteiger partial charge in [0, 0.05) is 31.4 Å². The van der Waals surface area contributed by atoms with E-state index < -0.39 is 10.8 Å². The Morgan fingerprint density at radius 2 is 1.77 bits per heavy atom. The number of amides is 2. The number of benzene rings is 1. The largest absolute Gasteiger partial charge is 0.366 e. The van der Waals surface area contributed by atoms with Crippen molar-refractivity contribution in [1.82, 2.24) is 14.8 Å². The van der Waals surface area contributed by atoms with Gasteiger partial charge in [-0.1, -0.05) is 13.0 Å². The predicted molar refractivity (Wildman–Crippen MR) is 110 cm³/mol. The first-order chi connectivity index (χ1) is 14.5. The number of likely N-dealkylation sites (tertiary alicyclic amines) is 1. The van der Waals surface area contributed by atoms with Crippen LogP contribution >= 0.6 is 0 Å².